The number of ether oxygens (including phenoxy) is 1. The lowest BCUT2D eigenvalue weighted by Crippen LogP contribution is -2.08. The molecular weight excluding hydrogens is 296 g/mol. The minimum absolute atomic E-state index is 0.275. The number of fused-ring (bicyclic) bond motifs is 1. The van der Waals surface area contributed by atoms with Crippen LogP contribution in [-0.4, -0.2) is 39.7 Å². The topological polar surface area (TPSA) is 96.4 Å². The lowest BCUT2D eigenvalue weighted by Gasteiger charge is -2.07. The van der Waals surface area contributed by atoms with Gasteiger partial charge in [0.25, 0.3) is 5.95 Å². The molecule has 0 atom stereocenters. The van der Waals surface area contributed by atoms with E-state index in [0.717, 1.165) is 16.7 Å². The highest BCUT2D eigenvalue weighted by Crippen LogP contribution is 2.24. The first-order chi connectivity index (χ1) is 11.3. The Morgan fingerprint density at radius 2 is 2.09 bits per heavy atom. The Labute approximate surface area is 130 Å². The van der Waals surface area contributed by atoms with Crippen LogP contribution in [0.4, 0.5) is 0 Å². The van der Waals surface area contributed by atoms with Gasteiger partial charge in [-0.15, -0.1) is 0 Å². The number of imidazole rings is 1. The molecule has 0 spiro atoms. The molecule has 0 bridgehead atoms. The Hall–Kier alpha value is -3.36. The van der Waals surface area contributed by atoms with Crippen LogP contribution in [0.15, 0.2) is 42.9 Å². The molecule has 114 valence electrons. The van der Waals surface area contributed by atoms with E-state index in [-0.39, 0.29) is 6.61 Å². The van der Waals surface area contributed by atoms with E-state index in [1.807, 2.05) is 24.3 Å². The quantitative estimate of drug-likeness (QED) is 0.553. The number of rotatable bonds is 4. The highest BCUT2D eigenvalue weighted by molar-refractivity contribution is 5.78. The standard InChI is InChI=1S/C14H12N8O/c1-21-13(18-19-20-21)22-12-5-3-2-4-11(12)17-14(22)23-8-10-6-7-15-9-16-10/h2-7,9H,8H2,1H3. The number of aromatic nitrogens is 8. The average molecular weight is 308 g/mol. The third-order valence-electron chi connectivity index (χ3n) is 3.32. The molecule has 0 unspecified atom stereocenters. The van der Waals surface area contributed by atoms with Gasteiger partial charge in [0.2, 0.25) is 0 Å². The van der Waals surface area contributed by atoms with Gasteiger partial charge in [-0.05, 0) is 28.6 Å². The maximum atomic E-state index is 5.84. The summed E-state index contributed by atoms with van der Waals surface area (Å²) in [5.41, 5.74) is 2.42. The Kier molecular flexibility index (Phi) is 3.15. The van der Waals surface area contributed by atoms with Crippen molar-refractivity contribution in [1.29, 1.82) is 0 Å². The lowest BCUT2D eigenvalue weighted by molar-refractivity contribution is 0.272. The molecule has 0 aliphatic rings. The van der Waals surface area contributed by atoms with Crippen molar-refractivity contribution in [2.24, 2.45) is 7.05 Å². The number of benzene rings is 1. The van der Waals surface area contributed by atoms with E-state index in [1.165, 1.54) is 6.33 Å². The first-order valence-corrected chi connectivity index (χ1v) is 6.91. The highest BCUT2D eigenvalue weighted by atomic mass is 16.5. The van der Waals surface area contributed by atoms with E-state index >= 15 is 0 Å². The molecule has 0 aliphatic heterocycles. The molecule has 0 saturated carbocycles. The van der Waals surface area contributed by atoms with E-state index < -0.39 is 0 Å². The molecule has 4 rings (SSSR count). The van der Waals surface area contributed by atoms with Crippen molar-refractivity contribution in [3.63, 3.8) is 0 Å². The molecule has 3 heterocycles. The molecule has 0 aliphatic carbocycles. The second-order valence-electron chi connectivity index (χ2n) is 4.81. The minimum atomic E-state index is 0.275. The summed E-state index contributed by atoms with van der Waals surface area (Å²) in [6.45, 7) is 0.275. The van der Waals surface area contributed by atoms with Gasteiger partial charge in [-0.3, -0.25) is 0 Å². The van der Waals surface area contributed by atoms with Crippen LogP contribution in [0.25, 0.3) is 17.0 Å². The van der Waals surface area contributed by atoms with Gasteiger partial charge in [-0.1, -0.05) is 17.2 Å². The van der Waals surface area contributed by atoms with Crippen molar-refractivity contribution in [3.8, 4) is 12.0 Å². The summed E-state index contributed by atoms with van der Waals surface area (Å²) in [6, 6.07) is 9.89. The number of nitrogens with zero attached hydrogens (tertiary/aromatic N) is 8. The Bertz CT molecular complexity index is 946. The monoisotopic (exact) mass is 308 g/mol. The maximum Gasteiger partial charge on any atom is 0.305 e. The lowest BCUT2D eigenvalue weighted by atomic mass is 10.3. The molecule has 23 heavy (non-hydrogen) atoms. The molecule has 4 aromatic rings. The third-order valence-corrected chi connectivity index (χ3v) is 3.32. The first kappa shape index (κ1) is 13.3. The fraction of sp³-hybridized carbons (Fsp3) is 0.143. The second kappa shape index (κ2) is 5.44. The van der Waals surface area contributed by atoms with Crippen LogP contribution in [0.1, 0.15) is 5.69 Å². The zero-order valence-corrected chi connectivity index (χ0v) is 12.2. The van der Waals surface area contributed by atoms with E-state index in [9.17, 15) is 0 Å². The summed E-state index contributed by atoms with van der Waals surface area (Å²) in [7, 11) is 1.76. The van der Waals surface area contributed by atoms with Crippen molar-refractivity contribution in [3.05, 3.63) is 48.5 Å². The van der Waals surface area contributed by atoms with E-state index in [2.05, 4.69) is 30.5 Å². The summed E-state index contributed by atoms with van der Waals surface area (Å²) in [4.78, 5) is 12.5. The summed E-state index contributed by atoms with van der Waals surface area (Å²) in [5.74, 6) is 0.524. The molecule has 0 fully saturated rings. The van der Waals surface area contributed by atoms with Crippen molar-refractivity contribution < 1.29 is 4.74 Å². The summed E-state index contributed by atoms with van der Waals surface area (Å²) >= 11 is 0. The Balaban J connectivity index is 1.78. The zero-order valence-electron chi connectivity index (χ0n) is 12.2. The van der Waals surface area contributed by atoms with E-state index in [0.29, 0.717) is 12.0 Å². The van der Waals surface area contributed by atoms with Crippen LogP contribution in [0.2, 0.25) is 0 Å². The van der Waals surface area contributed by atoms with Gasteiger partial charge in [0.05, 0.1) is 16.7 Å². The smallest absolute Gasteiger partial charge is 0.305 e. The van der Waals surface area contributed by atoms with Crippen molar-refractivity contribution in [2.75, 3.05) is 0 Å². The Morgan fingerprint density at radius 3 is 2.87 bits per heavy atom. The number of hydrogen-bond acceptors (Lipinski definition) is 7. The van der Waals surface area contributed by atoms with Gasteiger partial charge in [0.15, 0.2) is 0 Å². The predicted molar refractivity (Wildman–Crippen MR) is 79.8 cm³/mol. The van der Waals surface area contributed by atoms with Crippen LogP contribution in [-0.2, 0) is 13.7 Å². The molecule has 3 aromatic heterocycles. The van der Waals surface area contributed by atoms with Crippen LogP contribution >= 0.6 is 0 Å². The Morgan fingerprint density at radius 1 is 1.17 bits per heavy atom. The first-order valence-electron chi connectivity index (χ1n) is 6.91. The van der Waals surface area contributed by atoms with Crippen LogP contribution < -0.4 is 4.74 Å². The highest BCUT2D eigenvalue weighted by Gasteiger charge is 2.17. The second-order valence-corrected chi connectivity index (χ2v) is 4.81. The van der Waals surface area contributed by atoms with Crippen LogP contribution in [0.3, 0.4) is 0 Å². The fourth-order valence-corrected chi connectivity index (χ4v) is 2.25. The normalized spacial score (nSPS) is 11.0. The fourth-order valence-electron chi connectivity index (χ4n) is 2.25. The van der Waals surface area contributed by atoms with E-state index in [1.54, 1.807) is 28.6 Å². The molecular formula is C14H12N8O. The van der Waals surface area contributed by atoms with Crippen molar-refractivity contribution >= 4 is 11.0 Å². The molecule has 0 N–H and O–H groups in total. The molecule has 9 nitrogen and oxygen atoms in total. The zero-order chi connectivity index (χ0) is 15.6. The molecule has 0 radical (unpaired) electrons. The SMILES string of the molecule is Cn1nnnc1-n1c(OCc2ccncn2)nc2ccccc21. The molecule has 0 saturated heterocycles. The maximum absolute atomic E-state index is 5.84. The van der Waals surface area contributed by atoms with Gasteiger partial charge in [0, 0.05) is 13.2 Å². The van der Waals surface area contributed by atoms with Gasteiger partial charge in [-0.2, -0.15) is 4.98 Å². The summed E-state index contributed by atoms with van der Waals surface area (Å²) < 4.78 is 9.18. The third kappa shape index (κ3) is 2.37. The van der Waals surface area contributed by atoms with Crippen LogP contribution in [0.5, 0.6) is 6.01 Å². The largest absolute Gasteiger partial charge is 0.458 e. The van der Waals surface area contributed by atoms with Crippen molar-refractivity contribution in [1.82, 2.24) is 39.7 Å². The van der Waals surface area contributed by atoms with Gasteiger partial charge in [-0.25, -0.2) is 19.2 Å². The van der Waals surface area contributed by atoms with Crippen LogP contribution in [0, 0.1) is 0 Å². The molecule has 9 heteroatoms. The van der Waals surface area contributed by atoms with Gasteiger partial charge < -0.3 is 4.74 Å². The molecule has 1 aromatic carbocycles. The average Bonchev–Trinajstić information content (AvgIpc) is 3.16. The minimum Gasteiger partial charge on any atom is -0.458 e. The van der Waals surface area contributed by atoms with E-state index in [4.69, 9.17) is 4.74 Å². The number of aryl methyl sites for hydroxylation is 1. The van der Waals surface area contributed by atoms with Gasteiger partial charge in [0.1, 0.15) is 12.9 Å². The predicted octanol–water partition coefficient (Wildman–Crippen LogP) is 0.918. The summed E-state index contributed by atoms with van der Waals surface area (Å²) in [5, 5.41) is 11.6. The van der Waals surface area contributed by atoms with Gasteiger partial charge >= 0.3 is 6.01 Å². The molecule has 0 amide bonds. The van der Waals surface area contributed by atoms with Crippen molar-refractivity contribution in [2.45, 2.75) is 6.61 Å². The number of para-hydroxylation sites is 2. The summed E-state index contributed by atoms with van der Waals surface area (Å²) in [6.07, 6.45) is 3.15. The number of hydrogen-bond donors (Lipinski definition) is 0. The number of tetrazole rings is 1.